The van der Waals surface area contributed by atoms with Crippen LogP contribution in [0.3, 0.4) is 0 Å². The van der Waals surface area contributed by atoms with Crippen molar-refractivity contribution in [1.29, 1.82) is 0 Å². The van der Waals surface area contributed by atoms with Gasteiger partial charge in [0.25, 0.3) is 5.91 Å². The van der Waals surface area contributed by atoms with Gasteiger partial charge < -0.3 is 19.9 Å². The molecule has 1 saturated heterocycles. The van der Waals surface area contributed by atoms with Crippen molar-refractivity contribution >= 4 is 17.8 Å². The first-order chi connectivity index (χ1) is 11.4. The van der Waals surface area contributed by atoms with Gasteiger partial charge in [0.2, 0.25) is 0 Å². The Kier molecular flexibility index (Phi) is 4.37. The van der Waals surface area contributed by atoms with E-state index in [1.54, 1.807) is 18.2 Å². The van der Waals surface area contributed by atoms with Crippen LogP contribution in [0.15, 0.2) is 17.1 Å². The van der Waals surface area contributed by atoms with E-state index in [2.05, 4.69) is 9.98 Å². The predicted octanol–water partition coefficient (Wildman–Crippen LogP) is -0.623. The molecule has 2 N–H and O–H groups in total. The monoisotopic (exact) mass is 337 g/mol. The number of pyridine rings is 1. The van der Waals surface area contributed by atoms with E-state index in [1.807, 2.05) is 0 Å². The number of alkyl halides is 1. The second kappa shape index (κ2) is 6.19. The largest absolute Gasteiger partial charge is 0.384 e. The van der Waals surface area contributed by atoms with E-state index in [1.165, 1.54) is 21.1 Å². The standard InChI is InChI=1S/C16H20FN3O4/c1-16(17)12(24-10(7-22-2)13(16)23-3)9-6-8-4-5-11(18)19-14(8)20-15(9)21/h4-6,9-10,12-13H,7H2,1-3H3,(H2,18,19,20,21)/t9?,10-,12+,13?,16+/m1/s1. The fourth-order valence-corrected chi connectivity index (χ4v) is 3.38. The molecule has 1 aromatic heterocycles. The molecule has 3 heterocycles. The lowest BCUT2D eigenvalue weighted by Gasteiger charge is -2.29. The highest BCUT2D eigenvalue weighted by atomic mass is 19.1. The first kappa shape index (κ1) is 16.9. The van der Waals surface area contributed by atoms with Crippen molar-refractivity contribution in [2.75, 3.05) is 26.6 Å². The minimum Gasteiger partial charge on any atom is -0.384 e. The number of hydrogen-bond acceptors (Lipinski definition) is 6. The maximum absolute atomic E-state index is 15.4. The second-order valence-corrected chi connectivity index (χ2v) is 6.15. The third-order valence-electron chi connectivity index (χ3n) is 4.47. The van der Waals surface area contributed by atoms with E-state index in [-0.39, 0.29) is 17.9 Å². The van der Waals surface area contributed by atoms with Gasteiger partial charge in [-0.1, -0.05) is 6.08 Å². The summed E-state index contributed by atoms with van der Waals surface area (Å²) in [6, 6.07) is 3.30. The van der Waals surface area contributed by atoms with Crippen LogP contribution in [0, 0.1) is 5.92 Å². The van der Waals surface area contributed by atoms with E-state index in [0.717, 1.165) is 0 Å². The van der Waals surface area contributed by atoms with Gasteiger partial charge in [-0.25, -0.2) is 9.37 Å². The molecule has 1 aromatic rings. The number of nitrogens with two attached hydrogens (primary N) is 1. The van der Waals surface area contributed by atoms with Crippen molar-refractivity contribution in [3.63, 3.8) is 0 Å². The number of nitrogen functional groups attached to an aromatic ring is 1. The van der Waals surface area contributed by atoms with Crippen molar-refractivity contribution in [2.45, 2.75) is 30.9 Å². The first-order valence-corrected chi connectivity index (χ1v) is 7.61. The Hall–Kier alpha value is -1.90. The Morgan fingerprint density at radius 1 is 1.42 bits per heavy atom. The predicted molar refractivity (Wildman–Crippen MR) is 83.2 cm³/mol. The van der Waals surface area contributed by atoms with Crippen molar-refractivity contribution in [2.24, 2.45) is 10.9 Å². The highest BCUT2D eigenvalue weighted by Gasteiger charge is 2.58. The number of carbonyl (C=O) groups excluding carboxylic acids is 1. The Morgan fingerprint density at radius 3 is 2.83 bits per heavy atom. The molecular weight excluding hydrogens is 317 g/mol. The van der Waals surface area contributed by atoms with Crippen LogP contribution in [-0.2, 0) is 19.0 Å². The maximum atomic E-state index is 15.4. The number of fused-ring (bicyclic) bond motifs is 1. The molecule has 1 fully saturated rings. The van der Waals surface area contributed by atoms with E-state index < -0.39 is 35.8 Å². The summed E-state index contributed by atoms with van der Waals surface area (Å²) < 4.78 is 31.5. The molecule has 0 radical (unpaired) electrons. The molecule has 24 heavy (non-hydrogen) atoms. The van der Waals surface area contributed by atoms with Gasteiger partial charge in [0, 0.05) is 19.4 Å². The number of aromatic nitrogens is 1. The number of halogens is 1. The minimum absolute atomic E-state index is 0.168. The molecular formula is C16H20FN3O4. The molecule has 130 valence electrons. The van der Waals surface area contributed by atoms with Crippen molar-refractivity contribution in [3.8, 4) is 0 Å². The molecule has 0 aliphatic carbocycles. The van der Waals surface area contributed by atoms with Gasteiger partial charge in [-0.05, 0) is 19.1 Å². The fourth-order valence-electron chi connectivity index (χ4n) is 3.38. The number of ether oxygens (including phenoxy) is 3. The Morgan fingerprint density at radius 2 is 2.17 bits per heavy atom. The van der Waals surface area contributed by atoms with Crippen LogP contribution in [-0.4, -0.2) is 55.7 Å². The molecule has 0 spiro atoms. The molecule has 0 saturated carbocycles. The Bertz CT molecular complexity index is 767. The highest BCUT2D eigenvalue weighted by Crippen LogP contribution is 2.41. The zero-order valence-corrected chi connectivity index (χ0v) is 13.7. The van der Waals surface area contributed by atoms with Crippen LogP contribution in [0.4, 0.5) is 10.2 Å². The number of hydrogen-bond donors (Lipinski definition) is 1. The van der Waals surface area contributed by atoms with Crippen LogP contribution in [0.2, 0.25) is 0 Å². The van der Waals surface area contributed by atoms with Gasteiger partial charge in [0.15, 0.2) is 11.2 Å². The summed E-state index contributed by atoms with van der Waals surface area (Å²) in [4.78, 5) is 20.4. The van der Waals surface area contributed by atoms with Crippen LogP contribution in [0.25, 0.3) is 6.08 Å². The first-order valence-electron chi connectivity index (χ1n) is 7.61. The molecule has 2 aliphatic rings. The topological polar surface area (TPSA) is 96.0 Å². The number of methoxy groups -OCH3 is 2. The maximum Gasteiger partial charge on any atom is 0.257 e. The van der Waals surface area contributed by atoms with Gasteiger partial charge in [0.05, 0.1) is 12.5 Å². The van der Waals surface area contributed by atoms with Gasteiger partial charge >= 0.3 is 0 Å². The summed E-state index contributed by atoms with van der Waals surface area (Å²) in [6.45, 7) is 1.54. The highest BCUT2D eigenvalue weighted by molar-refractivity contribution is 5.87. The lowest BCUT2D eigenvalue weighted by Crippen LogP contribution is -2.49. The summed E-state index contributed by atoms with van der Waals surface area (Å²) >= 11 is 0. The Balaban J connectivity index is 1.99. The molecule has 0 bridgehead atoms. The van der Waals surface area contributed by atoms with E-state index in [9.17, 15) is 4.79 Å². The fraction of sp³-hybridized carbons (Fsp3) is 0.562. The molecule has 2 aliphatic heterocycles. The third-order valence-corrected chi connectivity index (χ3v) is 4.47. The van der Waals surface area contributed by atoms with Crippen LogP contribution >= 0.6 is 0 Å². The lowest BCUT2D eigenvalue weighted by molar-refractivity contribution is -0.127. The zero-order chi connectivity index (χ0) is 17.5. The molecule has 7 nitrogen and oxygen atoms in total. The summed E-state index contributed by atoms with van der Waals surface area (Å²) in [5.41, 5.74) is 3.97. The smallest absolute Gasteiger partial charge is 0.257 e. The average Bonchev–Trinajstić information content (AvgIpc) is 2.77. The number of carbonyl (C=O) groups is 1. The van der Waals surface area contributed by atoms with Crippen molar-refractivity contribution in [3.05, 3.63) is 22.8 Å². The molecule has 0 aromatic carbocycles. The zero-order valence-electron chi connectivity index (χ0n) is 13.7. The van der Waals surface area contributed by atoms with Gasteiger partial charge in [-0.15, -0.1) is 0 Å². The Labute approximate surface area is 138 Å². The number of amides is 1. The minimum atomic E-state index is -1.87. The molecule has 2 unspecified atom stereocenters. The van der Waals surface area contributed by atoms with E-state index >= 15 is 4.39 Å². The average molecular weight is 337 g/mol. The molecule has 1 amide bonds. The quantitative estimate of drug-likeness (QED) is 0.786. The van der Waals surface area contributed by atoms with E-state index in [0.29, 0.717) is 5.22 Å². The van der Waals surface area contributed by atoms with Crippen LogP contribution in [0.1, 0.15) is 6.92 Å². The van der Waals surface area contributed by atoms with E-state index in [4.69, 9.17) is 19.9 Å². The van der Waals surface area contributed by atoms with Gasteiger partial charge in [-0.3, -0.25) is 4.79 Å². The summed E-state index contributed by atoms with van der Waals surface area (Å²) in [5, 5.41) is 0.623. The second-order valence-electron chi connectivity index (χ2n) is 6.15. The number of nitrogens with zero attached hydrogens (tertiary/aromatic N) is 2. The number of anilines is 1. The molecule has 8 heteroatoms. The summed E-state index contributed by atoms with van der Waals surface area (Å²) in [5.74, 6) is -1.11. The molecule has 5 atom stereocenters. The SMILES string of the molecule is COC[C@H]1O[C@@H](C2C=c3ccc(N)nc3=NC2=O)[C@](C)(F)C1OC. The third kappa shape index (κ3) is 2.70. The van der Waals surface area contributed by atoms with Gasteiger partial charge in [-0.2, -0.15) is 4.99 Å². The van der Waals surface area contributed by atoms with Crippen molar-refractivity contribution in [1.82, 2.24) is 4.98 Å². The van der Waals surface area contributed by atoms with Gasteiger partial charge in [0.1, 0.15) is 24.1 Å². The van der Waals surface area contributed by atoms with Crippen LogP contribution in [0.5, 0.6) is 0 Å². The number of rotatable bonds is 4. The normalized spacial score (nSPS) is 35.2. The van der Waals surface area contributed by atoms with Crippen molar-refractivity contribution < 1.29 is 23.4 Å². The molecule has 3 rings (SSSR count). The lowest BCUT2D eigenvalue weighted by atomic mass is 9.85. The van der Waals surface area contributed by atoms with Crippen LogP contribution < -0.4 is 16.4 Å². The summed E-state index contributed by atoms with van der Waals surface area (Å²) in [7, 11) is 2.91. The summed E-state index contributed by atoms with van der Waals surface area (Å²) in [6.07, 6.45) is -0.840.